The van der Waals surface area contributed by atoms with Crippen LogP contribution in [0, 0.1) is 17.9 Å². The number of aromatic nitrogens is 3. The molecule has 0 spiro atoms. The summed E-state index contributed by atoms with van der Waals surface area (Å²) in [6.45, 7) is 8.52. The zero-order valence-electron chi connectivity index (χ0n) is 29.0. The van der Waals surface area contributed by atoms with Crippen LogP contribution in [0.15, 0.2) is 156 Å². The monoisotopic (exact) mass is 719 g/mol. The Hall–Kier alpha value is -7.58. The van der Waals surface area contributed by atoms with Gasteiger partial charge < -0.3 is 8.98 Å². The quantitative estimate of drug-likeness (QED) is 0.170. The van der Waals surface area contributed by atoms with E-state index in [1.807, 2.05) is 91.0 Å². The van der Waals surface area contributed by atoms with E-state index in [-0.39, 0.29) is 0 Å². The molecule has 0 unspecified atom stereocenters. The van der Waals surface area contributed by atoms with Crippen LogP contribution < -0.4 is 0 Å². The number of para-hydroxylation sites is 2. The van der Waals surface area contributed by atoms with E-state index in [0.29, 0.717) is 34.0 Å². The highest BCUT2D eigenvalue weighted by atomic mass is 32.1. The summed E-state index contributed by atoms with van der Waals surface area (Å²) in [5.74, 6) is 0.520. The van der Waals surface area contributed by atoms with Gasteiger partial charge in [0.15, 0.2) is 5.82 Å². The fraction of sp³-hybridized carbons (Fsp3) is 0. The summed E-state index contributed by atoms with van der Waals surface area (Å²) in [5.41, 5.74) is 8.46. The third-order valence-corrected chi connectivity index (χ3v) is 11.6. The molecule has 7 heteroatoms. The molecule has 0 aliphatic rings. The first kappa shape index (κ1) is 31.0. The van der Waals surface area contributed by atoms with E-state index < -0.39 is 0 Å². The molecule has 4 heterocycles. The number of rotatable bonds is 4. The molecule has 0 atom stereocenters. The summed E-state index contributed by atoms with van der Waals surface area (Å²) in [6, 6.07) is 53.1. The normalized spacial score (nSPS) is 11.6. The molecule has 6 nitrogen and oxygen atoms in total. The zero-order valence-corrected chi connectivity index (χ0v) is 29.8. The highest BCUT2D eigenvalue weighted by molar-refractivity contribution is 7.25. The summed E-state index contributed by atoms with van der Waals surface area (Å²) in [4.78, 5) is 14.4. The van der Waals surface area contributed by atoms with Crippen molar-refractivity contribution in [1.82, 2.24) is 14.5 Å². The number of benzene rings is 7. The average molecular weight is 720 g/mol. The summed E-state index contributed by atoms with van der Waals surface area (Å²) >= 11 is 1.74. The number of thiophene rings is 1. The van der Waals surface area contributed by atoms with Gasteiger partial charge in [-0.3, -0.25) is 0 Å². The minimum atomic E-state index is 0.351. The largest absolute Gasteiger partial charge is 0.456 e. The van der Waals surface area contributed by atoms with Crippen LogP contribution in [0.2, 0.25) is 0 Å². The third kappa shape index (κ3) is 4.58. The van der Waals surface area contributed by atoms with Crippen molar-refractivity contribution in [3.63, 3.8) is 0 Å². The second kappa shape index (κ2) is 12.0. The maximum absolute atomic E-state index is 10.8. The van der Waals surface area contributed by atoms with Crippen LogP contribution >= 0.6 is 11.3 Å². The van der Waals surface area contributed by atoms with Gasteiger partial charge in [-0.25, -0.2) is 14.8 Å². The number of furan rings is 1. The van der Waals surface area contributed by atoms with Gasteiger partial charge in [-0.2, -0.15) is 5.26 Å². The van der Waals surface area contributed by atoms with Gasteiger partial charge in [-0.05, 0) is 54.1 Å². The van der Waals surface area contributed by atoms with Gasteiger partial charge in [0.2, 0.25) is 5.69 Å². The van der Waals surface area contributed by atoms with Gasteiger partial charge in [0.05, 0.1) is 40.1 Å². The Bertz CT molecular complexity index is 3470. The molecule has 0 saturated carbocycles. The standard InChI is InChI=1S/C48H25N5OS/c1-50-36-26-29(22-24-38(36)53-37-18-8-5-14-30(37)31-23-25-40-44(47(31)53)32-15-6-9-19-39(32)54-40)46-35(27-49)45(28-12-3-2-4-13-28)51-48(52-46)34-17-11-21-42-43(34)33-16-7-10-20-41(33)55-42/h2-26H. The summed E-state index contributed by atoms with van der Waals surface area (Å²) in [5, 5.41) is 17.2. The topological polar surface area (TPSA) is 72.0 Å². The summed E-state index contributed by atoms with van der Waals surface area (Å²) < 4.78 is 10.8. The lowest BCUT2D eigenvalue weighted by Crippen LogP contribution is -2.02. The lowest BCUT2D eigenvalue weighted by molar-refractivity contribution is 0.669. The second-order valence-corrected chi connectivity index (χ2v) is 14.6. The molecular formula is C48H25N5OS. The molecule has 55 heavy (non-hydrogen) atoms. The number of nitrogens with zero attached hydrogens (tertiary/aromatic N) is 5. The number of hydrogen-bond acceptors (Lipinski definition) is 5. The van der Waals surface area contributed by atoms with Crippen molar-refractivity contribution in [2.45, 2.75) is 0 Å². The first-order chi connectivity index (χ1) is 27.2. The first-order valence-electron chi connectivity index (χ1n) is 17.8. The molecule has 0 bridgehead atoms. The van der Waals surface area contributed by atoms with Gasteiger partial charge >= 0.3 is 0 Å². The Morgan fingerprint density at radius 3 is 2.18 bits per heavy atom. The number of fused-ring (bicyclic) bond motifs is 10. The molecule has 11 aromatic rings. The fourth-order valence-corrected chi connectivity index (χ4v) is 9.26. The van der Waals surface area contributed by atoms with Crippen LogP contribution in [0.1, 0.15) is 5.56 Å². The lowest BCUT2D eigenvalue weighted by atomic mass is 9.98. The number of nitriles is 1. The molecule has 0 radical (unpaired) electrons. The van der Waals surface area contributed by atoms with Crippen LogP contribution in [-0.4, -0.2) is 14.5 Å². The van der Waals surface area contributed by atoms with Crippen molar-refractivity contribution < 1.29 is 4.42 Å². The van der Waals surface area contributed by atoms with Gasteiger partial charge in [-0.15, -0.1) is 11.3 Å². The van der Waals surface area contributed by atoms with Crippen LogP contribution in [0.25, 0.3) is 108 Å². The molecular weight excluding hydrogens is 695 g/mol. The molecule has 0 aliphatic heterocycles. The lowest BCUT2D eigenvalue weighted by Gasteiger charge is -2.15. The Labute approximate surface area is 318 Å². The van der Waals surface area contributed by atoms with Crippen molar-refractivity contribution in [3.05, 3.63) is 169 Å². The summed E-state index contributed by atoms with van der Waals surface area (Å²) in [6.07, 6.45) is 0. The van der Waals surface area contributed by atoms with Crippen LogP contribution in [0.3, 0.4) is 0 Å². The predicted octanol–water partition coefficient (Wildman–Crippen LogP) is 13.3. The van der Waals surface area contributed by atoms with Crippen LogP contribution in [0.5, 0.6) is 0 Å². The van der Waals surface area contributed by atoms with Gasteiger partial charge in [0.1, 0.15) is 22.8 Å². The van der Waals surface area contributed by atoms with Crippen molar-refractivity contribution in [2.75, 3.05) is 0 Å². The van der Waals surface area contributed by atoms with E-state index in [0.717, 1.165) is 76.0 Å². The Balaban J connectivity index is 1.19. The molecule has 0 amide bonds. The van der Waals surface area contributed by atoms with Crippen molar-refractivity contribution in [3.8, 4) is 45.7 Å². The predicted molar refractivity (Wildman–Crippen MR) is 224 cm³/mol. The van der Waals surface area contributed by atoms with Gasteiger partial charge in [0, 0.05) is 47.5 Å². The van der Waals surface area contributed by atoms with Crippen molar-refractivity contribution in [1.29, 1.82) is 5.26 Å². The maximum Gasteiger partial charge on any atom is 0.211 e. The van der Waals surface area contributed by atoms with Gasteiger partial charge in [-0.1, -0.05) is 103 Å². The summed E-state index contributed by atoms with van der Waals surface area (Å²) in [7, 11) is 0. The fourth-order valence-electron chi connectivity index (χ4n) is 8.13. The smallest absolute Gasteiger partial charge is 0.211 e. The third-order valence-electron chi connectivity index (χ3n) is 10.5. The Kier molecular flexibility index (Phi) is 6.75. The van der Waals surface area contributed by atoms with Crippen molar-refractivity contribution in [2.24, 2.45) is 0 Å². The first-order valence-corrected chi connectivity index (χ1v) is 18.7. The molecule has 4 aromatic heterocycles. The molecule has 0 saturated heterocycles. The second-order valence-electron chi connectivity index (χ2n) is 13.5. The molecule has 11 rings (SSSR count). The minimum Gasteiger partial charge on any atom is -0.456 e. The van der Waals surface area contributed by atoms with E-state index in [9.17, 15) is 5.26 Å². The zero-order chi connectivity index (χ0) is 36.6. The van der Waals surface area contributed by atoms with E-state index in [4.69, 9.17) is 21.0 Å². The molecule has 0 aliphatic carbocycles. The Morgan fingerprint density at radius 2 is 1.35 bits per heavy atom. The van der Waals surface area contributed by atoms with Gasteiger partial charge in [0.25, 0.3) is 0 Å². The van der Waals surface area contributed by atoms with Crippen LogP contribution in [0.4, 0.5) is 5.69 Å². The molecule has 254 valence electrons. The average Bonchev–Trinajstić information content (AvgIpc) is 3.93. The molecule has 0 fully saturated rings. The molecule has 0 N–H and O–H groups in total. The van der Waals surface area contributed by atoms with E-state index in [2.05, 4.69) is 76.1 Å². The highest BCUT2D eigenvalue weighted by Gasteiger charge is 2.24. The SMILES string of the molecule is [C-]#[N+]c1cc(-c2nc(-c3cccc4sc5ccccc5c34)nc(-c3ccccc3)c2C#N)ccc1-n1c2ccccc2c2ccc3oc4ccccc4c3c21. The van der Waals surface area contributed by atoms with E-state index in [1.165, 1.54) is 4.70 Å². The Morgan fingerprint density at radius 1 is 0.618 bits per heavy atom. The maximum atomic E-state index is 10.8. The van der Waals surface area contributed by atoms with E-state index in [1.54, 1.807) is 11.3 Å². The number of hydrogen-bond donors (Lipinski definition) is 0. The molecule has 7 aromatic carbocycles. The van der Waals surface area contributed by atoms with Crippen molar-refractivity contribution >= 4 is 80.9 Å². The van der Waals surface area contributed by atoms with Crippen LogP contribution in [-0.2, 0) is 0 Å². The van der Waals surface area contributed by atoms with E-state index >= 15 is 0 Å². The minimum absolute atomic E-state index is 0.351. The highest BCUT2D eigenvalue weighted by Crippen LogP contribution is 2.44.